The van der Waals surface area contributed by atoms with E-state index in [1.807, 2.05) is 0 Å². The quantitative estimate of drug-likeness (QED) is 0.479. The molecule has 0 amide bonds. The molecule has 0 spiro atoms. The van der Waals surface area contributed by atoms with Crippen LogP contribution in [0.25, 0.3) is 0 Å². The van der Waals surface area contributed by atoms with Crippen molar-refractivity contribution in [2.75, 3.05) is 0 Å². The molecule has 74 valence electrons. The van der Waals surface area contributed by atoms with E-state index in [0.29, 0.717) is 0 Å². The van der Waals surface area contributed by atoms with Gasteiger partial charge in [-0.3, -0.25) is 4.79 Å². The number of aliphatic carboxylic acids is 3. The van der Waals surface area contributed by atoms with Crippen molar-refractivity contribution in [1.82, 2.24) is 0 Å². The van der Waals surface area contributed by atoms with Gasteiger partial charge in [0, 0.05) is 12.4 Å². The molecule has 2 N–H and O–H groups in total. The second-order valence-corrected chi connectivity index (χ2v) is 2.44. The van der Waals surface area contributed by atoms with Crippen LogP contribution < -0.4 is 10.2 Å². The van der Waals surface area contributed by atoms with E-state index in [4.69, 9.17) is 10.2 Å². The summed E-state index contributed by atoms with van der Waals surface area (Å²) in [5, 5.41) is 37.2. The third-order valence-electron chi connectivity index (χ3n) is 1.26. The van der Waals surface area contributed by atoms with Gasteiger partial charge in [0.2, 0.25) is 0 Å². The Labute approximate surface area is 91.1 Å². The molecule has 1 unspecified atom stereocenters. The number of hydrogen-bond acceptors (Lipinski definition) is 6. The van der Waals surface area contributed by atoms with Crippen LogP contribution in [0.2, 0.25) is 0 Å². The van der Waals surface area contributed by atoms with Crippen molar-refractivity contribution in [3.63, 3.8) is 0 Å². The molecule has 1 atom stereocenters. The molecule has 0 fully saturated rings. The third-order valence-corrected chi connectivity index (χ3v) is 1.26. The minimum Gasteiger partial charge on any atom is -0.550 e. The first-order valence-corrected chi connectivity index (χ1v) is 3.13. The SMILES string of the molecule is O=C([O-])CC(O)(CC(=O)O)C(=O)[O-].[Zn+2]. The van der Waals surface area contributed by atoms with Crippen molar-refractivity contribution in [1.29, 1.82) is 0 Å². The van der Waals surface area contributed by atoms with Crippen LogP contribution in [-0.4, -0.2) is 33.7 Å². The molecule has 0 aliphatic heterocycles. The minimum absolute atomic E-state index is 0. The smallest absolute Gasteiger partial charge is 0.550 e. The average Bonchev–Trinajstić information content (AvgIpc) is 1.82. The Morgan fingerprint density at radius 1 is 1.14 bits per heavy atom. The van der Waals surface area contributed by atoms with Crippen LogP contribution in [-0.2, 0) is 33.9 Å². The van der Waals surface area contributed by atoms with Gasteiger partial charge in [0.05, 0.1) is 12.4 Å². The van der Waals surface area contributed by atoms with Crippen molar-refractivity contribution in [3.8, 4) is 0 Å². The molecule has 14 heavy (non-hydrogen) atoms. The summed E-state index contributed by atoms with van der Waals surface area (Å²) in [6, 6.07) is 0. The van der Waals surface area contributed by atoms with Gasteiger partial charge in [-0.1, -0.05) is 0 Å². The minimum atomic E-state index is -2.91. The molecule has 8 heteroatoms. The number of rotatable bonds is 5. The Morgan fingerprint density at radius 2 is 1.57 bits per heavy atom. The standard InChI is InChI=1S/C6H8O7.Zn/c7-3(8)1-6(13,5(11)12)2-4(9)10;/h13H,1-2H2,(H,7,8)(H,9,10)(H,11,12);/q;+2/p-2. The average molecular weight is 255 g/mol. The zero-order valence-corrected chi connectivity index (χ0v) is 10.0. The van der Waals surface area contributed by atoms with E-state index in [1.165, 1.54) is 0 Å². The van der Waals surface area contributed by atoms with E-state index >= 15 is 0 Å². The normalized spacial score (nSPS) is 13.5. The number of carbonyl (C=O) groups excluding carboxylic acids is 2. The monoisotopic (exact) mass is 254 g/mol. The first-order valence-electron chi connectivity index (χ1n) is 3.13. The molecule has 0 aromatic heterocycles. The maximum absolute atomic E-state index is 10.2. The Kier molecular flexibility index (Phi) is 6.26. The van der Waals surface area contributed by atoms with E-state index in [1.54, 1.807) is 0 Å². The van der Waals surface area contributed by atoms with Gasteiger partial charge in [-0.2, -0.15) is 0 Å². The number of aliphatic hydroxyl groups is 1. The summed E-state index contributed by atoms with van der Waals surface area (Å²) in [6.07, 6.45) is -2.56. The molecule has 0 aromatic rings. The van der Waals surface area contributed by atoms with Gasteiger partial charge >= 0.3 is 25.4 Å². The van der Waals surface area contributed by atoms with Gasteiger partial charge in [-0.15, -0.1) is 0 Å². The summed E-state index contributed by atoms with van der Waals surface area (Å²) >= 11 is 0. The second-order valence-electron chi connectivity index (χ2n) is 2.44. The molecule has 0 bridgehead atoms. The number of carbonyl (C=O) groups is 3. The molecule has 0 aliphatic rings. The van der Waals surface area contributed by atoms with Crippen molar-refractivity contribution >= 4 is 17.9 Å². The fourth-order valence-corrected chi connectivity index (χ4v) is 0.696. The van der Waals surface area contributed by atoms with Gasteiger partial charge in [-0.05, 0) is 0 Å². The van der Waals surface area contributed by atoms with E-state index in [0.717, 1.165) is 0 Å². The van der Waals surface area contributed by atoms with Crippen LogP contribution in [0, 0.1) is 0 Å². The number of carboxylic acids is 3. The van der Waals surface area contributed by atoms with Gasteiger partial charge in [0.1, 0.15) is 5.60 Å². The molecular weight excluding hydrogens is 249 g/mol. The zero-order valence-electron chi connectivity index (χ0n) is 7.06. The van der Waals surface area contributed by atoms with Crippen LogP contribution in [0.5, 0.6) is 0 Å². The van der Waals surface area contributed by atoms with E-state index in [2.05, 4.69) is 0 Å². The molecule has 7 nitrogen and oxygen atoms in total. The van der Waals surface area contributed by atoms with Crippen LogP contribution in [0.15, 0.2) is 0 Å². The Balaban J connectivity index is 0. The van der Waals surface area contributed by atoms with E-state index in [-0.39, 0.29) is 19.5 Å². The van der Waals surface area contributed by atoms with Crippen LogP contribution in [0.3, 0.4) is 0 Å². The maximum atomic E-state index is 10.2. The molecule has 0 aromatic carbocycles. The number of carboxylic acid groups (broad SMARTS) is 3. The van der Waals surface area contributed by atoms with Gasteiger partial charge in [-0.25, -0.2) is 0 Å². The summed E-state index contributed by atoms with van der Waals surface area (Å²) in [6.45, 7) is 0. The predicted octanol–water partition coefficient (Wildman–Crippen LogP) is -3.92. The Bertz CT molecular complexity index is 233. The second kappa shape index (κ2) is 5.67. The van der Waals surface area contributed by atoms with Crippen LogP contribution >= 0.6 is 0 Å². The maximum Gasteiger partial charge on any atom is 2.00 e. The zero-order chi connectivity index (χ0) is 10.6. The summed E-state index contributed by atoms with van der Waals surface area (Å²) in [5.74, 6) is -5.67. The molecule has 0 saturated heterocycles. The summed E-state index contributed by atoms with van der Waals surface area (Å²) < 4.78 is 0. The van der Waals surface area contributed by atoms with Crippen molar-refractivity contribution < 1.29 is 54.3 Å². The summed E-state index contributed by atoms with van der Waals surface area (Å²) in [4.78, 5) is 30.2. The van der Waals surface area contributed by atoms with Gasteiger partial charge in [0.25, 0.3) is 0 Å². The van der Waals surface area contributed by atoms with Crippen molar-refractivity contribution in [2.24, 2.45) is 0 Å². The Morgan fingerprint density at radius 3 is 1.79 bits per heavy atom. The first kappa shape index (κ1) is 15.5. The molecular formula is C6H6O7Zn. The third kappa shape index (κ3) is 4.88. The fourth-order valence-electron chi connectivity index (χ4n) is 0.696. The molecule has 0 radical (unpaired) electrons. The van der Waals surface area contributed by atoms with Crippen LogP contribution in [0.4, 0.5) is 0 Å². The predicted molar refractivity (Wildman–Crippen MR) is 31.8 cm³/mol. The summed E-state index contributed by atoms with van der Waals surface area (Å²) in [7, 11) is 0. The molecule has 0 aliphatic carbocycles. The molecule has 0 heterocycles. The van der Waals surface area contributed by atoms with Crippen molar-refractivity contribution in [3.05, 3.63) is 0 Å². The molecule has 0 saturated carbocycles. The van der Waals surface area contributed by atoms with E-state index in [9.17, 15) is 24.6 Å². The van der Waals surface area contributed by atoms with Crippen LogP contribution in [0.1, 0.15) is 12.8 Å². The van der Waals surface area contributed by atoms with Crippen molar-refractivity contribution in [2.45, 2.75) is 18.4 Å². The van der Waals surface area contributed by atoms with E-state index < -0.39 is 36.4 Å². The Hall–Kier alpha value is -1.01. The first-order chi connectivity index (χ1) is 5.78. The largest absolute Gasteiger partial charge is 2.00 e. The topological polar surface area (TPSA) is 138 Å². The van der Waals surface area contributed by atoms with Gasteiger partial charge in [0.15, 0.2) is 0 Å². The number of hydrogen-bond donors (Lipinski definition) is 2. The summed E-state index contributed by atoms with van der Waals surface area (Å²) in [5.41, 5.74) is -2.91. The molecule has 0 rings (SSSR count). The van der Waals surface area contributed by atoms with Gasteiger partial charge < -0.3 is 30.0 Å². The fraction of sp³-hybridized carbons (Fsp3) is 0.500.